The molecular weight excluding hydrogens is 486 g/mol. The molecule has 1 saturated heterocycles. The van der Waals surface area contributed by atoms with Gasteiger partial charge in [-0.15, -0.1) is 0 Å². The molecule has 0 bridgehead atoms. The monoisotopic (exact) mass is 512 g/mol. The zero-order valence-electron chi connectivity index (χ0n) is 20.3. The summed E-state index contributed by atoms with van der Waals surface area (Å²) in [6, 6.07) is 4.85. The number of likely N-dealkylation sites (N-methyl/N-ethyl adjacent to an activating group) is 1. The number of carbonyl (C=O) groups is 4. The fraction of sp³-hybridized carbons (Fsp3) is 0.375. The second-order valence-corrected chi connectivity index (χ2v) is 9.02. The summed E-state index contributed by atoms with van der Waals surface area (Å²) in [5.74, 6) is -3.92. The number of aryl methyl sites for hydroxylation is 1. The van der Waals surface area contributed by atoms with Crippen molar-refractivity contribution in [3.05, 3.63) is 63.3 Å². The minimum atomic E-state index is -1.61. The van der Waals surface area contributed by atoms with Gasteiger partial charge in [0.15, 0.2) is 11.7 Å². The molecule has 1 fully saturated rings. The average molecular weight is 512 g/mol. The number of imide groups is 1. The van der Waals surface area contributed by atoms with Crippen LogP contribution in [-0.4, -0.2) is 70.2 Å². The summed E-state index contributed by atoms with van der Waals surface area (Å²) in [6.07, 6.45) is -0.0147. The van der Waals surface area contributed by atoms with Crippen LogP contribution in [0.1, 0.15) is 36.1 Å². The number of aromatic amines is 1. The summed E-state index contributed by atoms with van der Waals surface area (Å²) in [5, 5.41) is 12.9. The highest BCUT2D eigenvalue weighted by Crippen LogP contribution is 2.36. The van der Waals surface area contributed by atoms with Gasteiger partial charge in [0.2, 0.25) is 5.56 Å². The lowest BCUT2D eigenvalue weighted by Crippen LogP contribution is -2.58. The number of amides is 4. The fourth-order valence-corrected chi connectivity index (χ4v) is 4.58. The van der Waals surface area contributed by atoms with Gasteiger partial charge in [-0.05, 0) is 37.5 Å². The molecule has 1 aromatic heterocycles. The molecule has 3 heterocycles. The maximum atomic E-state index is 14.7. The number of rotatable bonds is 6. The fourth-order valence-electron chi connectivity index (χ4n) is 4.58. The summed E-state index contributed by atoms with van der Waals surface area (Å²) in [6.45, 7) is 3.82. The number of halogens is 1. The van der Waals surface area contributed by atoms with Gasteiger partial charge in [0.05, 0.1) is 0 Å². The second kappa shape index (κ2) is 10.5. The molecule has 0 radical (unpaired) electrons. The van der Waals surface area contributed by atoms with Crippen molar-refractivity contribution in [2.24, 2.45) is 0 Å². The van der Waals surface area contributed by atoms with Crippen molar-refractivity contribution in [1.82, 2.24) is 20.1 Å². The molecule has 1 unspecified atom stereocenters. The molecule has 0 spiro atoms. The molecule has 11 nitrogen and oxygen atoms in total. The van der Waals surface area contributed by atoms with E-state index in [-0.39, 0.29) is 31.6 Å². The molecular formula is C24H26BFN4O7. The average Bonchev–Trinajstić information content (AvgIpc) is 2.85. The van der Waals surface area contributed by atoms with Crippen LogP contribution in [0.4, 0.5) is 9.18 Å². The van der Waals surface area contributed by atoms with Crippen LogP contribution in [-0.2, 0) is 20.8 Å². The zero-order chi connectivity index (χ0) is 26.9. The van der Waals surface area contributed by atoms with Crippen LogP contribution >= 0.6 is 0 Å². The first-order valence-electron chi connectivity index (χ1n) is 11.9. The molecule has 1 aromatic carbocycles. The number of aromatic nitrogens is 1. The molecule has 13 heteroatoms. The Morgan fingerprint density at radius 1 is 1.22 bits per heavy atom. The summed E-state index contributed by atoms with van der Waals surface area (Å²) in [4.78, 5) is 66.5. The van der Waals surface area contributed by atoms with Crippen LogP contribution < -0.4 is 15.5 Å². The maximum Gasteiger partial charge on any atom is 0.526 e. The number of benzene rings is 1. The van der Waals surface area contributed by atoms with Gasteiger partial charge in [0.1, 0.15) is 11.8 Å². The number of pyridine rings is 1. The quantitative estimate of drug-likeness (QED) is 0.293. The van der Waals surface area contributed by atoms with Crippen molar-refractivity contribution in [2.75, 3.05) is 19.6 Å². The van der Waals surface area contributed by atoms with Crippen molar-refractivity contribution in [1.29, 1.82) is 0 Å². The predicted octanol–water partition coefficient (Wildman–Crippen LogP) is 0.709. The van der Waals surface area contributed by atoms with Crippen molar-refractivity contribution < 1.29 is 33.2 Å². The van der Waals surface area contributed by atoms with E-state index in [0.29, 0.717) is 17.1 Å². The molecule has 4 rings (SSSR count). The van der Waals surface area contributed by atoms with Crippen molar-refractivity contribution in [2.45, 2.75) is 38.5 Å². The third kappa shape index (κ3) is 5.26. The van der Waals surface area contributed by atoms with Gasteiger partial charge < -0.3 is 19.9 Å². The molecule has 0 saturated carbocycles. The number of fused-ring (bicyclic) bond motifs is 1. The number of para-hydroxylation sites is 1. The number of hydrogen-bond donors (Lipinski definition) is 3. The first-order valence-corrected chi connectivity index (χ1v) is 11.9. The third-order valence-corrected chi connectivity index (χ3v) is 6.62. The molecule has 2 aliphatic heterocycles. The Hall–Kier alpha value is -4.00. The van der Waals surface area contributed by atoms with Gasteiger partial charge in [-0.1, -0.05) is 18.2 Å². The lowest BCUT2D eigenvalue weighted by atomic mass is 9.64. The number of nitrogens with one attached hydrogen (secondary N) is 2. The van der Waals surface area contributed by atoms with E-state index < -0.39 is 54.1 Å². The Bertz CT molecular complexity index is 1320. The van der Waals surface area contributed by atoms with Gasteiger partial charge in [-0.3, -0.25) is 29.1 Å². The van der Waals surface area contributed by atoms with E-state index in [1.165, 1.54) is 4.90 Å². The highest BCUT2D eigenvalue weighted by molar-refractivity contribution is 6.46. The SMILES string of the molecule is CCN1CCN(C(=O)NC(C(=O)C[C@H]2Cc3cccc(C)c3OB2O)c2ccc(=O)[nH]c2F)C(=O)C1=O. The van der Waals surface area contributed by atoms with E-state index in [9.17, 15) is 33.4 Å². The molecule has 3 N–H and O–H groups in total. The number of H-pyrrole nitrogens is 1. The molecule has 4 amide bonds. The van der Waals surface area contributed by atoms with Gasteiger partial charge >= 0.3 is 25.0 Å². The molecule has 194 valence electrons. The number of nitrogens with zero attached hydrogens (tertiary/aromatic N) is 2. The van der Waals surface area contributed by atoms with E-state index in [1.807, 2.05) is 30.1 Å². The Balaban J connectivity index is 1.58. The number of ketones is 1. The Morgan fingerprint density at radius 2 is 1.97 bits per heavy atom. The van der Waals surface area contributed by atoms with Crippen LogP contribution in [0.15, 0.2) is 35.1 Å². The van der Waals surface area contributed by atoms with E-state index in [1.54, 1.807) is 6.92 Å². The van der Waals surface area contributed by atoms with Crippen LogP contribution in [0.25, 0.3) is 0 Å². The number of urea groups is 1. The smallest absolute Gasteiger partial charge is 0.526 e. The molecule has 2 aliphatic rings. The van der Waals surface area contributed by atoms with Crippen LogP contribution in [0.2, 0.25) is 5.82 Å². The first kappa shape index (κ1) is 26.1. The number of piperazine rings is 1. The van der Waals surface area contributed by atoms with Crippen LogP contribution in [0.3, 0.4) is 0 Å². The van der Waals surface area contributed by atoms with E-state index in [4.69, 9.17) is 4.65 Å². The highest BCUT2D eigenvalue weighted by Gasteiger charge is 2.41. The molecule has 2 atom stereocenters. The van der Waals surface area contributed by atoms with E-state index in [2.05, 4.69) is 5.32 Å². The van der Waals surface area contributed by atoms with Crippen molar-refractivity contribution in [3.63, 3.8) is 0 Å². The topological polar surface area (TPSA) is 149 Å². The van der Waals surface area contributed by atoms with Gasteiger partial charge in [0.25, 0.3) is 0 Å². The maximum absolute atomic E-state index is 14.7. The molecule has 37 heavy (non-hydrogen) atoms. The van der Waals surface area contributed by atoms with Crippen LogP contribution in [0, 0.1) is 12.9 Å². The normalized spacial score (nSPS) is 18.3. The van der Waals surface area contributed by atoms with Crippen molar-refractivity contribution in [3.8, 4) is 5.75 Å². The molecule has 0 aliphatic carbocycles. The van der Waals surface area contributed by atoms with Crippen molar-refractivity contribution >= 4 is 30.7 Å². The largest absolute Gasteiger partial charge is 0.536 e. The summed E-state index contributed by atoms with van der Waals surface area (Å²) < 4.78 is 20.3. The Kier molecular flexibility index (Phi) is 7.44. The predicted molar refractivity (Wildman–Crippen MR) is 129 cm³/mol. The van der Waals surface area contributed by atoms with E-state index >= 15 is 0 Å². The number of Topliss-reactive ketones (excluding diaryl/α,β-unsaturated/α-hetero) is 1. The number of hydrogen-bond acceptors (Lipinski definition) is 7. The summed E-state index contributed by atoms with van der Waals surface area (Å²) in [5.41, 5.74) is 0.533. The summed E-state index contributed by atoms with van der Waals surface area (Å²) >= 11 is 0. The zero-order valence-corrected chi connectivity index (χ0v) is 20.3. The number of carbonyl (C=O) groups excluding carboxylic acids is 4. The summed E-state index contributed by atoms with van der Waals surface area (Å²) in [7, 11) is -1.32. The van der Waals surface area contributed by atoms with Crippen LogP contribution in [0.5, 0.6) is 5.75 Å². The standard InChI is InChI=1S/C24H26BFN4O7/c1-3-29-9-10-30(23(34)22(29)33)24(35)28-19(16-7-8-18(32)27-21(16)26)17(31)12-15-11-14-6-4-5-13(2)20(14)37-25(15)36/h4-8,15,19,36H,3,9-12H2,1-2H3,(H,27,32)(H,28,35)/t15-,19?/m1/s1. The molecule has 2 aromatic rings. The Morgan fingerprint density at radius 3 is 2.68 bits per heavy atom. The van der Waals surface area contributed by atoms with Gasteiger partial charge in [0, 0.05) is 43.5 Å². The van der Waals surface area contributed by atoms with Gasteiger partial charge in [-0.2, -0.15) is 4.39 Å². The minimum absolute atomic E-state index is 0.107. The third-order valence-electron chi connectivity index (χ3n) is 6.62. The minimum Gasteiger partial charge on any atom is -0.536 e. The Labute approximate surface area is 211 Å². The van der Waals surface area contributed by atoms with Gasteiger partial charge in [-0.25, -0.2) is 4.79 Å². The second-order valence-electron chi connectivity index (χ2n) is 9.02. The van der Waals surface area contributed by atoms with E-state index in [0.717, 1.165) is 23.3 Å². The highest BCUT2D eigenvalue weighted by atomic mass is 19.1. The first-order chi connectivity index (χ1) is 17.6. The lowest BCUT2D eigenvalue weighted by molar-refractivity contribution is -0.153. The lowest BCUT2D eigenvalue weighted by Gasteiger charge is -2.33.